The van der Waals surface area contributed by atoms with Crippen molar-refractivity contribution < 1.29 is 23.9 Å². The fourth-order valence-electron chi connectivity index (χ4n) is 7.26. The summed E-state index contributed by atoms with van der Waals surface area (Å²) < 4.78 is 11.3. The lowest BCUT2D eigenvalue weighted by Gasteiger charge is -2.38. The molecule has 1 amide bonds. The van der Waals surface area contributed by atoms with Gasteiger partial charge in [-0.2, -0.15) is 0 Å². The average Bonchev–Trinajstić information content (AvgIpc) is 3.52. The summed E-state index contributed by atoms with van der Waals surface area (Å²) in [6.45, 7) is 3.88. The van der Waals surface area contributed by atoms with E-state index in [1.54, 1.807) is 55.6 Å². The molecule has 3 heterocycles. The SMILES string of the molecule is COc1cccc(C(=O)C2C(C(=O)c3ccc(OC(C)C)cc3)C3(C(=O)Nc4ccccc43)C3c4ccccc4C=CN23)c1. The molecule has 0 bridgehead atoms. The molecule has 4 unspecified atom stereocenters. The van der Waals surface area contributed by atoms with Crippen molar-refractivity contribution in [1.29, 1.82) is 0 Å². The fraction of sp³-hybridized carbons (Fsp3) is 0.216. The molecule has 0 radical (unpaired) electrons. The molecule has 0 aromatic heterocycles. The van der Waals surface area contributed by atoms with Gasteiger partial charge in [-0.3, -0.25) is 14.4 Å². The van der Waals surface area contributed by atoms with Crippen molar-refractivity contribution in [1.82, 2.24) is 4.90 Å². The van der Waals surface area contributed by atoms with E-state index in [2.05, 4.69) is 5.32 Å². The number of carbonyl (C=O) groups is 3. The molecule has 0 saturated carbocycles. The number of Topliss-reactive ketones (excluding diaryl/α,β-unsaturated/α-hetero) is 2. The van der Waals surface area contributed by atoms with Gasteiger partial charge in [-0.15, -0.1) is 0 Å². The van der Waals surface area contributed by atoms with Gasteiger partial charge in [0.1, 0.15) is 23.0 Å². The second kappa shape index (κ2) is 10.5. The molecule has 4 atom stereocenters. The molecule has 4 aromatic rings. The van der Waals surface area contributed by atoms with Crippen LogP contribution in [0.2, 0.25) is 0 Å². The van der Waals surface area contributed by atoms with Crippen molar-refractivity contribution in [2.24, 2.45) is 5.92 Å². The molecule has 1 fully saturated rings. The Hall–Kier alpha value is -5.17. The number of hydrogen-bond donors (Lipinski definition) is 1. The summed E-state index contributed by atoms with van der Waals surface area (Å²) in [5.41, 5.74) is 2.62. The van der Waals surface area contributed by atoms with Gasteiger partial charge in [0, 0.05) is 23.0 Å². The number of para-hydroxylation sites is 1. The predicted octanol–water partition coefficient (Wildman–Crippen LogP) is 6.46. The van der Waals surface area contributed by atoms with Gasteiger partial charge in [-0.1, -0.05) is 54.6 Å². The van der Waals surface area contributed by atoms with Crippen LogP contribution >= 0.6 is 0 Å². The molecule has 1 saturated heterocycles. The number of rotatable bonds is 7. The average molecular weight is 585 g/mol. The molecule has 1 N–H and O–H groups in total. The molecule has 220 valence electrons. The van der Waals surface area contributed by atoms with E-state index < -0.39 is 23.4 Å². The summed E-state index contributed by atoms with van der Waals surface area (Å²) in [6.07, 6.45) is 3.80. The topological polar surface area (TPSA) is 84.9 Å². The van der Waals surface area contributed by atoms with E-state index in [1.807, 2.05) is 79.6 Å². The molecule has 4 aromatic carbocycles. The van der Waals surface area contributed by atoms with Gasteiger partial charge in [0.15, 0.2) is 11.6 Å². The van der Waals surface area contributed by atoms with Gasteiger partial charge in [-0.05, 0) is 79.1 Å². The van der Waals surface area contributed by atoms with Gasteiger partial charge in [-0.25, -0.2) is 0 Å². The third kappa shape index (κ3) is 4.07. The summed E-state index contributed by atoms with van der Waals surface area (Å²) in [5.74, 6) is -0.716. The van der Waals surface area contributed by atoms with Gasteiger partial charge < -0.3 is 19.7 Å². The standard InChI is InChI=1S/C37H32N2O5/c1-22(2)44-26-17-15-24(16-18-26)33(40)31-32(34(41)25-10-8-11-27(21-25)43-3)39-20-19-23-9-4-5-12-28(23)35(39)37(31)29-13-6-7-14-30(29)38-36(37)42/h4-22,31-32,35H,1-3H3,(H,38,42). The summed E-state index contributed by atoms with van der Waals surface area (Å²) in [5, 5.41) is 3.09. The first-order valence-corrected chi connectivity index (χ1v) is 14.8. The first kappa shape index (κ1) is 27.7. The number of carbonyl (C=O) groups excluding carboxylic acids is 3. The Balaban J connectivity index is 1.48. The molecule has 0 aliphatic carbocycles. The molecular weight excluding hydrogens is 552 g/mol. The second-order valence-electron chi connectivity index (χ2n) is 11.7. The quantitative estimate of drug-likeness (QED) is 0.251. The largest absolute Gasteiger partial charge is 0.497 e. The second-order valence-corrected chi connectivity index (χ2v) is 11.7. The third-order valence-corrected chi connectivity index (χ3v) is 8.99. The summed E-state index contributed by atoms with van der Waals surface area (Å²) in [7, 11) is 1.55. The molecule has 44 heavy (non-hydrogen) atoms. The molecular formula is C37H32N2O5. The molecule has 1 spiro atoms. The summed E-state index contributed by atoms with van der Waals surface area (Å²) in [6, 6.07) is 27.7. The first-order valence-electron chi connectivity index (χ1n) is 14.8. The van der Waals surface area contributed by atoms with Crippen LogP contribution in [0, 0.1) is 5.92 Å². The van der Waals surface area contributed by atoms with Crippen molar-refractivity contribution in [3.05, 3.63) is 131 Å². The van der Waals surface area contributed by atoms with Crippen molar-refractivity contribution in [3.8, 4) is 11.5 Å². The van der Waals surface area contributed by atoms with Crippen LogP contribution in [0.15, 0.2) is 103 Å². The van der Waals surface area contributed by atoms with Gasteiger partial charge in [0.25, 0.3) is 0 Å². The van der Waals surface area contributed by atoms with Crippen molar-refractivity contribution >= 4 is 29.2 Å². The number of benzene rings is 4. The minimum absolute atomic E-state index is 0.0269. The lowest BCUT2D eigenvalue weighted by atomic mass is 9.62. The van der Waals surface area contributed by atoms with Crippen molar-refractivity contribution in [2.45, 2.75) is 37.5 Å². The predicted molar refractivity (Wildman–Crippen MR) is 168 cm³/mol. The van der Waals surface area contributed by atoms with Crippen LogP contribution in [0.1, 0.15) is 57.3 Å². The fourth-order valence-corrected chi connectivity index (χ4v) is 7.26. The lowest BCUT2D eigenvalue weighted by molar-refractivity contribution is -0.122. The highest BCUT2D eigenvalue weighted by Crippen LogP contribution is 2.62. The van der Waals surface area contributed by atoms with Gasteiger partial charge in [0.2, 0.25) is 5.91 Å². The van der Waals surface area contributed by atoms with Crippen LogP contribution in [0.4, 0.5) is 5.69 Å². The number of nitrogens with one attached hydrogen (secondary N) is 1. The minimum atomic E-state index is -1.39. The number of anilines is 1. The van der Waals surface area contributed by atoms with E-state index in [0.29, 0.717) is 33.9 Å². The normalized spacial score (nSPS) is 22.8. The molecule has 7 heteroatoms. The van der Waals surface area contributed by atoms with Crippen LogP contribution in [-0.4, -0.2) is 41.6 Å². The smallest absolute Gasteiger partial charge is 0.238 e. The highest BCUT2D eigenvalue weighted by molar-refractivity contribution is 6.16. The summed E-state index contributed by atoms with van der Waals surface area (Å²) >= 11 is 0. The lowest BCUT2D eigenvalue weighted by Crippen LogP contribution is -2.49. The Bertz CT molecular complexity index is 1830. The summed E-state index contributed by atoms with van der Waals surface area (Å²) in [4.78, 5) is 46.2. The van der Waals surface area contributed by atoms with Crippen molar-refractivity contribution in [2.75, 3.05) is 12.4 Å². The van der Waals surface area contributed by atoms with Crippen LogP contribution in [0.3, 0.4) is 0 Å². The Kier molecular flexibility index (Phi) is 6.61. The van der Waals surface area contributed by atoms with Crippen LogP contribution < -0.4 is 14.8 Å². The Morgan fingerprint density at radius 3 is 2.36 bits per heavy atom. The highest BCUT2D eigenvalue weighted by Gasteiger charge is 2.70. The number of ketones is 2. The Morgan fingerprint density at radius 1 is 0.841 bits per heavy atom. The van der Waals surface area contributed by atoms with E-state index in [0.717, 1.165) is 11.1 Å². The van der Waals surface area contributed by atoms with E-state index in [9.17, 15) is 14.4 Å². The number of hydrogen-bond acceptors (Lipinski definition) is 6. The number of fused-ring (bicyclic) bond motifs is 6. The Morgan fingerprint density at radius 2 is 1.59 bits per heavy atom. The van der Waals surface area contributed by atoms with Gasteiger partial charge in [0.05, 0.1) is 25.2 Å². The van der Waals surface area contributed by atoms with Crippen molar-refractivity contribution in [3.63, 3.8) is 0 Å². The maximum absolute atomic E-state index is 15.0. The molecule has 3 aliphatic heterocycles. The zero-order valence-corrected chi connectivity index (χ0v) is 24.7. The number of ether oxygens (including phenoxy) is 2. The molecule has 7 nitrogen and oxygen atoms in total. The van der Waals surface area contributed by atoms with E-state index in [4.69, 9.17) is 9.47 Å². The number of methoxy groups -OCH3 is 1. The van der Waals surface area contributed by atoms with Gasteiger partial charge >= 0.3 is 0 Å². The molecule has 3 aliphatic rings. The van der Waals surface area contributed by atoms with E-state index >= 15 is 0 Å². The number of nitrogens with zero attached hydrogens (tertiary/aromatic N) is 1. The minimum Gasteiger partial charge on any atom is -0.497 e. The highest BCUT2D eigenvalue weighted by atomic mass is 16.5. The van der Waals surface area contributed by atoms with E-state index in [-0.39, 0.29) is 23.6 Å². The van der Waals surface area contributed by atoms with E-state index in [1.165, 1.54) is 0 Å². The monoisotopic (exact) mass is 584 g/mol. The first-order chi connectivity index (χ1) is 21.3. The van der Waals surface area contributed by atoms with Crippen LogP contribution in [-0.2, 0) is 10.2 Å². The third-order valence-electron chi connectivity index (χ3n) is 8.99. The molecule has 7 rings (SSSR count). The number of amides is 1. The maximum atomic E-state index is 15.0. The van der Waals surface area contributed by atoms with Crippen LogP contribution in [0.25, 0.3) is 6.08 Å². The Labute approximate surface area is 256 Å². The zero-order valence-electron chi connectivity index (χ0n) is 24.7. The maximum Gasteiger partial charge on any atom is 0.238 e. The van der Waals surface area contributed by atoms with Crippen LogP contribution in [0.5, 0.6) is 11.5 Å². The zero-order chi connectivity index (χ0) is 30.6.